The van der Waals surface area contributed by atoms with Crippen LogP contribution in [0.1, 0.15) is 24.8 Å². The third-order valence-electron chi connectivity index (χ3n) is 3.72. The van der Waals surface area contributed by atoms with E-state index in [-0.39, 0.29) is 11.6 Å². The van der Waals surface area contributed by atoms with Crippen LogP contribution in [-0.4, -0.2) is 20.4 Å². The fraction of sp³-hybridized carbons (Fsp3) is 0.158. The number of ether oxygens (including phenoxy) is 1. The van der Waals surface area contributed by atoms with Gasteiger partial charge in [0, 0.05) is 5.56 Å². The van der Waals surface area contributed by atoms with E-state index in [0.29, 0.717) is 22.8 Å². The molecule has 2 heterocycles. The molecular weight excluding hydrogens is 383 g/mol. The van der Waals surface area contributed by atoms with Crippen LogP contribution in [0.3, 0.4) is 0 Å². The smallest absolute Gasteiger partial charge is 0.277 e. The van der Waals surface area contributed by atoms with Gasteiger partial charge in [0.2, 0.25) is 11.8 Å². The van der Waals surface area contributed by atoms with Gasteiger partial charge in [0.1, 0.15) is 0 Å². The van der Waals surface area contributed by atoms with E-state index in [1.54, 1.807) is 19.1 Å². The van der Waals surface area contributed by atoms with Crippen LogP contribution in [0, 0.1) is 5.82 Å². The van der Waals surface area contributed by atoms with Crippen molar-refractivity contribution in [2.24, 2.45) is 0 Å². The quantitative estimate of drug-likeness (QED) is 0.414. The van der Waals surface area contributed by atoms with E-state index < -0.39 is 11.9 Å². The van der Waals surface area contributed by atoms with Crippen LogP contribution < -0.4 is 4.74 Å². The van der Waals surface area contributed by atoms with Gasteiger partial charge in [-0.25, -0.2) is 4.39 Å². The third-order valence-corrected chi connectivity index (χ3v) is 4.52. The normalized spacial score (nSPS) is 12.1. The average molecular weight is 398 g/mol. The molecule has 142 valence electrons. The molecule has 1 atom stereocenters. The highest BCUT2D eigenvalue weighted by molar-refractivity contribution is 7.98. The lowest BCUT2D eigenvalue weighted by atomic mass is 10.2. The van der Waals surface area contributed by atoms with Crippen molar-refractivity contribution in [1.82, 2.24) is 20.4 Å². The molecule has 28 heavy (non-hydrogen) atoms. The monoisotopic (exact) mass is 398 g/mol. The molecule has 9 heteroatoms. The summed E-state index contributed by atoms with van der Waals surface area (Å²) in [5.74, 6) is 1.20. The van der Waals surface area contributed by atoms with Gasteiger partial charge in [-0.15, -0.1) is 20.4 Å². The molecule has 0 saturated carbocycles. The zero-order valence-electron chi connectivity index (χ0n) is 14.8. The molecule has 7 nitrogen and oxygen atoms in total. The second-order valence-corrected chi connectivity index (χ2v) is 6.68. The Morgan fingerprint density at radius 3 is 2.57 bits per heavy atom. The fourth-order valence-electron chi connectivity index (χ4n) is 2.36. The molecule has 0 bridgehead atoms. The van der Waals surface area contributed by atoms with Crippen molar-refractivity contribution in [3.8, 4) is 17.2 Å². The fourth-order valence-corrected chi connectivity index (χ4v) is 2.96. The summed E-state index contributed by atoms with van der Waals surface area (Å²) >= 11 is 1.26. The van der Waals surface area contributed by atoms with Crippen molar-refractivity contribution < 1.29 is 18.0 Å². The van der Waals surface area contributed by atoms with Crippen LogP contribution in [0.15, 0.2) is 68.7 Å². The second-order valence-electron chi connectivity index (χ2n) is 5.75. The summed E-state index contributed by atoms with van der Waals surface area (Å²) in [4.78, 5) is 0. The maximum atomic E-state index is 13.7. The minimum Gasteiger partial charge on any atom is -0.478 e. The lowest BCUT2D eigenvalue weighted by molar-refractivity contribution is 0.174. The van der Waals surface area contributed by atoms with Gasteiger partial charge in [0.15, 0.2) is 17.7 Å². The standard InChI is InChI=1S/C19H15FN4O3S/c1-12(25-15-10-6-5-9-14(15)20)17-22-24-19(27-17)28-11-16-21-23-18(26-16)13-7-3-2-4-8-13/h2-10,12H,11H2,1H3/t12-/m1/s1. The lowest BCUT2D eigenvalue weighted by Gasteiger charge is -2.11. The molecule has 0 aliphatic rings. The number of rotatable bonds is 7. The predicted octanol–water partition coefficient (Wildman–Crippen LogP) is 4.69. The van der Waals surface area contributed by atoms with Crippen molar-refractivity contribution in [2.75, 3.05) is 0 Å². The van der Waals surface area contributed by atoms with E-state index in [9.17, 15) is 4.39 Å². The first-order valence-electron chi connectivity index (χ1n) is 8.44. The van der Waals surface area contributed by atoms with Crippen LogP contribution in [0.4, 0.5) is 4.39 Å². The van der Waals surface area contributed by atoms with Crippen molar-refractivity contribution >= 4 is 11.8 Å². The maximum Gasteiger partial charge on any atom is 0.277 e. The molecule has 0 saturated heterocycles. The van der Waals surface area contributed by atoms with E-state index in [1.165, 1.54) is 23.9 Å². The summed E-state index contributed by atoms with van der Waals surface area (Å²) in [6.45, 7) is 1.71. The molecule has 4 rings (SSSR count). The molecule has 0 aliphatic heterocycles. The number of hydrogen-bond donors (Lipinski definition) is 0. The van der Waals surface area contributed by atoms with Crippen LogP contribution in [0.25, 0.3) is 11.5 Å². The number of benzene rings is 2. The Labute approximate surface area is 164 Å². The van der Waals surface area contributed by atoms with E-state index in [1.807, 2.05) is 30.3 Å². The highest BCUT2D eigenvalue weighted by Gasteiger charge is 2.18. The maximum absolute atomic E-state index is 13.7. The van der Waals surface area contributed by atoms with Crippen LogP contribution in [-0.2, 0) is 5.75 Å². The highest BCUT2D eigenvalue weighted by Crippen LogP contribution is 2.27. The van der Waals surface area contributed by atoms with Crippen LogP contribution in [0.5, 0.6) is 5.75 Å². The average Bonchev–Trinajstić information content (AvgIpc) is 3.38. The van der Waals surface area contributed by atoms with E-state index in [4.69, 9.17) is 13.6 Å². The van der Waals surface area contributed by atoms with E-state index >= 15 is 0 Å². The molecule has 2 aromatic heterocycles. The zero-order valence-corrected chi connectivity index (χ0v) is 15.6. The van der Waals surface area contributed by atoms with Gasteiger partial charge < -0.3 is 13.6 Å². The minimum absolute atomic E-state index is 0.127. The third kappa shape index (κ3) is 4.20. The Morgan fingerprint density at radius 2 is 1.75 bits per heavy atom. The van der Waals surface area contributed by atoms with Crippen molar-refractivity contribution in [1.29, 1.82) is 0 Å². The van der Waals surface area contributed by atoms with Crippen LogP contribution >= 0.6 is 11.8 Å². The summed E-state index contributed by atoms with van der Waals surface area (Å²) in [6.07, 6.45) is -0.591. The van der Waals surface area contributed by atoms with Crippen molar-refractivity contribution in [2.45, 2.75) is 24.0 Å². The van der Waals surface area contributed by atoms with Crippen molar-refractivity contribution in [3.63, 3.8) is 0 Å². The molecule has 2 aromatic carbocycles. The first-order chi connectivity index (χ1) is 13.7. The van der Waals surface area contributed by atoms with Crippen molar-refractivity contribution in [3.05, 3.63) is 72.2 Å². The Hall–Kier alpha value is -3.20. The minimum atomic E-state index is -0.591. The zero-order chi connectivity index (χ0) is 19.3. The molecule has 4 aromatic rings. The largest absolute Gasteiger partial charge is 0.478 e. The molecule has 0 fully saturated rings. The van der Waals surface area contributed by atoms with Gasteiger partial charge in [0.25, 0.3) is 11.1 Å². The predicted molar refractivity (Wildman–Crippen MR) is 99.0 cm³/mol. The Bertz CT molecular complexity index is 1050. The van der Waals surface area contributed by atoms with Gasteiger partial charge in [-0.1, -0.05) is 42.1 Å². The Kier molecular flexibility index (Phi) is 5.34. The number of hydrogen-bond acceptors (Lipinski definition) is 8. The van der Waals surface area contributed by atoms with Crippen LogP contribution in [0.2, 0.25) is 0 Å². The molecule has 0 unspecified atom stereocenters. The van der Waals surface area contributed by atoms with Gasteiger partial charge in [0.05, 0.1) is 5.75 Å². The van der Waals surface area contributed by atoms with Gasteiger partial charge in [-0.2, -0.15) is 0 Å². The Morgan fingerprint density at radius 1 is 0.964 bits per heavy atom. The van der Waals surface area contributed by atoms with Gasteiger partial charge in [-0.3, -0.25) is 0 Å². The molecule has 0 amide bonds. The van der Waals surface area contributed by atoms with E-state index in [2.05, 4.69) is 20.4 Å². The summed E-state index contributed by atoms with van der Waals surface area (Å²) in [5.41, 5.74) is 0.852. The molecule has 0 aliphatic carbocycles. The molecule has 0 spiro atoms. The summed E-state index contributed by atoms with van der Waals surface area (Å²) in [6, 6.07) is 15.7. The Balaban J connectivity index is 1.36. The highest BCUT2D eigenvalue weighted by atomic mass is 32.2. The number of nitrogens with zero attached hydrogens (tertiary/aromatic N) is 4. The molecule has 0 radical (unpaired) electrons. The van der Waals surface area contributed by atoms with Gasteiger partial charge in [-0.05, 0) is 31.2 Å². The summed E-state index contributed by atoms with van der Waals surface area (Å²) in [5, 5.41) is 16.3. The summed E-state index contributed by atoms with van der Waals surface area (Å²) in [7, 11) is 0. The second kappa shape index (κ2) is 8.22. The number of para-hydroxylation sites is 1. The lowest BCUT2D eigenvalue weighted by Crippen LogP contribution is -2.04. The number of aromatic nitrogens is 4. The SMILES string of the molecule is C[C@@H](Oc1ccccc1F)c1nnc(SCc2nnc(-c3ccccc3)o2)o1. The topological polar surface area (TPSA) is 87.1 Å². The summed E-state index contributed by atoms with van der Waals surface area (Å²) < 4.78 is 30.4. The number of thioether (sulfide) groups is 1. The van der Waals surface area contributed by atoms with Gasteiger partial charge >= 0.3 is 0 Å². The molecular formula is C19H15FN4O3S. The van der Waals surface area contributed by atoms with E-state index in [0.717, 1.165) is 5.56 Å². The molecule has 0 N–H and O–H groups in total. The number of halogens is 1. The first-order valence-corrected chi connectivity index (χ1v) is 9.43. The first kappa shape index (κ1) is 18.2.